The third-order valence-electron chi connectivity index (χ3n) is 6.36. The highest BCUT2D eigenvalue weighted by molar-refractivity contribution is 5.94. The first kappa shape index (κ1) is 29.1. The van der Waals surface area contributed by atoms with Gasteiger partial charge < -0.3 is 20.1 Å². The molecule has 2 N–H and O–H groups in total. The molecule has 3 rings (SSSR count). The Morgan fingerprint density at radius 1 is 0.947 bits per heavy atom. The number of aryl methyl sites for hydroxylation is 1. The lowest BCUT2D eigenvalue weighted by molar-refractivity contribution is 0.0695. The van der Waals surface area contributed by atoms with Crippen molar-refractivity contribution in [2.45, 2.75) is 59.4 Å². The predicted octanol–water partition coefficient (Wildman–Crippen LogP) is 4.47. The first-order valence-electron chi connectivity index (χ1n) is 13.1. The van der Waals surface area contributed by atoms with Gasteiger partial charge in [0.05, 0.1) is 5.56 Å². The van der Waals surface area contributed by atoms with E-state index < -0.39 is 12.1 Å². The Hall–Kier alpha value is -3.46. The lowest BCUT2D eigenvalue weighted by Gasteiger charge is -2.34. The molecule has 1 aliphatic heterocycles. The highest BCUT2D eigenvalue weighted by Crippen LogP contribution is 2.27. The molecule has 206 valence electrons. The van der Waals surface area contributed by atoms with Crippen molar-refractivity contribution in [3.8, 4) is 5.75 Å². The Bertz CT molecular complexity index is 1100. The Kier molecular flexibility index (Phi) is 9.49. The molecule has 2 aromatic rings. The molecule has 38 heavy (non-hydrogen) atoms. The van der Waals surface area contributed by atoms with Crippen molar-refractivity contribution in [1.82, 2.24) is 20.1 Å². The molecule has 0 radical (unpaired) electrons. The number of carboxylic acid groups (broad SMARTS) is 1. The number of carbonyl (C=O) groups excluding carboxylic acids is 2. The van der Waals surface area contributed by atoms with Gasteiger partial charge in [-0.1, -0.05) is 20.8 Å². The van der Waals surface area contributed by atoms with Crippen molar-refractivity contribution >= 4 is 18.0 Å². The quantitative estimate of drug-likeness (QED) is 0.498. The minimum absolute atomic E-state index is 0.0927. The second kappa shape index (κ2) is 12.4. The van der Waals surface area contributed by atoms with Gasteiger partial charge in [-0.25, -0.2) is 9.59 Å². The normalized spacial score (nSPS) is 14.7. The van der Waals surface area contributed by atoms with Crippen LogP contribution in [-0.4, -0.2) is 76.1 Å². The molecule has 0 unspecified atom stereocenters. The average molecular weight is 525 g/mol. The summed E-state index contributed by atoms with van der Waals surface area (Å²) in [6.07, 6.45) is 3.51. The summed E-state index contributed by atoms with van der Waals surface area (Å²) in [5, 5.41) is 12.1. The summed E-state index contributed by atoms with van der Waals surface area (Å²) in [5.41, 5.74) is 1.33. The van der Waals surface area contributed by atoms with Crippen LogP contribution < -0.4 is 10.1 Å². The number of piperazine rings is 1. The van der Waals surface area contributed by atoms with Crippen molar-refractivity contribution in [1.29, 1.82) is 0 Å². The molecule has 1 aliphatic rings. The van der Waals surface area contributed by atoms with E-state index in [9.17, 15) is 14.4 Å². The number of pyridine rings is 1. The van der Waals surface area contributed by atoms with Crippen molar-refractivity contribution in [2.24, 2.45) is 5.41 Å². The Morgan fingerprint density at radius 3 is 2.13 bits per heavy atom. The zero-order valence-electron chi connectivity index (χ0n) is 23.1. The lowest BCUT2D eigenvalue weighted by atomic mass is 9.81. The molecule has 9 heteroatoms. The van der Waals surface area contributed by atoms with E-state index in [2.05, 4.69) is 36.0 Å². The van der Waals surface area contributed by atoms with Crippen LogP contribution in [0.25, 0.3) is 0 Å². The van der Waals surface area contributed by atoms with Gasteiger partial charge in [0.25, 0.3) is 5.91 Å². The third-order valence-corrected chi connectivity index (χ3v) is 6.36. The van der Waals surface area contributed by atoms with Crippen LogP contribution in [0.15, 0.2) is 42.6 Å². The molecule has 1 aromatic carbocycles. The average Bonchev–Trinajstić information content (AvgIpc) is 2.83. The van der Waals surface area contributed by atoms with Crippen molar-refractivity contribution in [2.75, 3.05) is 32.7 Å². The van der Waals surface area contributed by atoms with Crippen LogP contribution in [0.2, 0.25) is 0 Å². The van der Waals surface area contributed by atoms with E-state index in [1.54, 1.807) is 41.3 Å². The largest absolute Gasteiger partial charge is 0.478 e. The van der Waals surface area contributed by atoms with Crippen LogP contribution in [0.4, 0.5) is 4.79 Å². The summed E-state index contributed by atoms with van der Waals surface area (Å²) >= 11 is 0. The summed E-state index contributed by atoms with van der Waals surface area (Å²) in [4.78, 5) is 44.5. The third kappa shape index (κ3) is 9.13. The van der Waals surface area contributed by atoms with E-state index in [1.807, 2.05) is 13.8 Å². The topological polar surface area (TPSA) is 112 Å². The zero-order valence-corrected chi connectivity index (χ0v) is 23.1. The fraction of sp³-hybridized carbons (Fsp3) is 0.517. The monoisotopic (exact) mass is 524 g/mol. The molecule has 1 fully saturated rings. The van der Waals surface area contributed by atoms with Crippen LogP contribution in [0.1, 0.15) is 73.9 Å². The minimum atomic E-state index is -0.976. The van der Waals surface area contributed by atoms with Gasteiger partial charge in [0.1, 0.15) is 5.75 Å². The van der Waals surface area contributed by atoms with Gasteiger partial charge in [-0.3, -0.25) is 14.7 Å². The highest BCUT2D eigenvalue weighted by Gasteiger charge is 2.27. The highest BCUT2D eigenvalue weighted by atomic mass is 16.6. The molecule has 0 saturated carbocycles. The smallest absolute Gasteiger partial charge is 0.415 e. The summed E-state index contributed by atoms with van der Waals surface area (Å²) in [7, 11) is 0. The number of aromatic nitrogens is 1. The fourth-order valence-corrected chi connectivity index (χ4v) is 4.93. The van der Waals surface area contributed by atoms with E-state index >= 15 is 0 Å². The van der Waals surface area contributed by atoms with E-state index in [0.29, 0.717) is 24.4 Å². The van der Waals surface area contributed by atoms with Gasteiger partial charge in [-0.15, -0.1) is 0 Å². The molecular formula is C29H40N4O5. The number of rotatable bonds is 9. The van der Waals surface area contributed by atoms with Crippen LogP contribution >= 0.6 is 0 Å². The number of hydrogen-bond donors (Lipinski definition) is 2. The van der Waals surface area contributed by atoms with E-state index in [0.717, 1.165) is 44.6 Å². The summed E-state index contributed by atoms with van der Waals surface area (Å²) < 4.78 is 5.54. The second-order valence-corrected chi connectivity index (χ2v) is 11.7. The molecule has 0 atom stereocenters. The van der Waals surface area contributed by atoms with Gasteiger partial charge in [-0.2, -0.15) is 0 Å². The van der Waals surface area contributed by atoms with E-state index in [1.165, 1.54) is 6.20 Å². The van der Waals surface area contributed by atoms with E-state index in [-0.39, 0.29) is 22.4 Å². The van der Waals surface area contributed by atoms with Gasteiger partial charge in [0.2, 0.25) is 0 Å². The van der Waals surface area contributed by atoms with Crippen molar-refractivity contribution in [3.63, 3.8) is 0 Å². The van der Waals surface area contributed by atoms with Crippen LogP contribution in [0.5, 0.6) is 5.75 Å². The number of ether oxygens (including phenoxy) is 1. The number of amides is 2. The maximum Gasteiger partial charge on any atom is 0.415 e. The Balaban J connectivity index is 1.40. The number of carbonyl (C=O) groups is 3. The lowest BCUT2D eigenvalue weighted by Crippen LogP contribution is -2.49. The SMILES string of the molecule is CC(C)(C)CC(C)(C)NC(=O)c1ccc(OC(=O)N2CCN(CCCc3ccc(C(=O)O)cn3)CC2)cc1. The molecule has 1 saturated heterocycles. The molecule has 9 nitrogen and oxygen atoms in total. The number of benzene rings is 1. The summed E-state index contributed by atoms with van der Waals surface area (Å²) in [6.45, 7) is 14.0. The van der Waals surface area contributed by atoms with Crippen LogP contribution in [0, 0.1) is 5.41 Å². The molecule has 0 aliphatic carbocycles. The van der Waals surface area contributed by atoms with Crippen molar-refractivity contribution in [3.05, 3.63) is 59.4 Å². The first-order valence-corrected chi connectivity index (χ1v) is 13.1. The number of aromatic carboxylic acids is 1. The minimum Gasteiger partial charge on any atom is -0.478 e. The number of hydrogen-bond acceptors (Lipinski definition) is 6. The second-order valence-electron chi connectivity index (χ2n) is 11.7. The zero-order chi connectivity index (χ0) is 27.9. The molecule has 0 bridgehead atoms. The van der Waals surface area contributed by atoms with Gasteiger partial charge in [0.15, 0.2) is 0 Å². The Labute approximate surface area is 225 Å². The Morgan fingerprint density at radius 2 is 1.58 bits per heavy atom. The van der Waals surface area contributed by atoms with Gasteiger partial charge in [-0.05, 0) is 81.5 Å². The maximum absolute atomic E-state index is 12.7. The number of nitrogens with zero attached hydrogens (tertiary/aromatic N) is 3. The first-order chi connectivity index (χ1) is 17.8. The maximum atomic E-state index is 12.7. The summed E-state index contributed by atoms with van der Waals surface area (Å²) in [5.74, 6) is -0.721. The van der Waals surface area contributed by atoms with Gasteiger partial charge >= 0.3 is 12.1 Å². The summed E-state index contributed by atoms with van der Waals surface area (Å²) in [6, 6.07) is 9.98. The number of carboxylic acids is 1. The standard InChI is InChI=1S/C29H40N4O5/c1-28(2,3)20-29(4,5)31-25(34)21-9-12-24(13-10-21)38-27(37)33-17-15-32(16-18-33)14-6-7-23-11-8-22(19-30-23)26(35)36/h8-13,19H,6-7,14-18,20H2,1-5H3,(H,31,34)(H,35,36). The van der Waals surface area contributed by atoms with Crippen LogP contribution in [-0.2, 0) is 6.42 Å². The molecular weight excluding hydrogens is 484 g/mol. The van der Waals surface area contributed by atoms with E-state index in [4.69, 9.17) is 9.84 Å². The van der Waals surface area contributed by atoms with Crippen LogP contribution in [0.3, 0.4) is 0 Å². The predicted molar refractivity (Wildman–Crippen MR) is 146 cm³/mol. The van der Waals surface area contributed by atoms with Gasteiger partial charge in [0, 0.05) is 49.2 Å². The molecule has 0 spiro atoms. The molecule has 2 heterocycles. The molecule has 1 aromatic heterocycles. The number of nitrogens with one attached hydrogen (secondary N) is 1. The van der Waals surface area contributed by atoms with Crippen molar-refractivity contribution < 1.29 is 24.2 Å². The fourth-order valence-electron chi connectivity index (χ4n) is 4.93. The molecule has 2 amide bonds.